The second-order valence-electron chi connectivity index (χ2n) is 7.39. The lowest BCUT2D eigenvalue weighted by Crippen LogP contribution is -2.46. The molecule has 22 heavy (non-hydrogen) atoms. The Labute approximate surface area is 133 Å². The Kier molecular flexibility index (Phi) is 5.65. The third-order valence-corrected chi connectivity index (χ3v) is 4.41. The highest BCUT2D eigenvalue weighted by molar-refractivity contribution is 5.83. The van der Waals surface area contributed by atoms with Crippen LogP contribution >= 0.6 is 0 Å². The van der Waals surface area contributed by atoms with Crippen molar-refractivity contribution in [1.29, 1.82) is 0 Å². The zero-order valence-corrected chi connectivity index (χ0v) is 14.1. The quantitative estimate of drug-likeness (QED) is 0.558. The van der Waals surface area contributed by atoms with Crippen molar-refractivity contribution in [1.82, 2.24) is 0 Å². The van der Waals surface area contributed by atoms with E-state index < -0.39 is 0 Å². The van der Waals surface area contributed by atoms with Crippen molar-refractivity contribution < 1.29 is 19.1 Å². The molecule has 3 rings (SSSR count). The first-order chi connectivity index (χ1) is 10.4. The van der Waals surface area contributed by atoms with E-state index >= 15 is 0 Å². The number of carbonyl (C=O) groups is 2. The summed E-state index contributed by atoms with van der Waals surface area (Å²) in [6.07, 6.45) is 6.08. The fraction of sp³-hybridized carbons (Fsp3) is 0.778. The highest BCUT2D eigenvalue weighted by Gasteiger charge is 2.49. The minimum atomic E-state index is -0.373. The van der Waals surface area contributed by atoms with Crippen LogP contribution in [0.2, 0.25) is 0 Å². The number of esters is 2. The summed E-state index contributed by atoms with van der Waals surface area (Å²) >= 11 is 0. The zero-order valence-electron chi connectivity index (χ0n) is 14.1. The van der Waals surface area contributed by atoms with E-state index in [4.69, 9.17) is 9.47 Å². The van der Waals surface area contributed by atoms with Gasteiger partial charge >= 0.3 is 11.9 Å². The maximum Gasteiger partial charge on any atom is 0.310 e. The van der Waals surface area contributed by atoms with Crippen LogP contribution in [0.4, 0.5) is 0 Å². The first kappa shape index (κ1) is 17.0. The summed E-state index contributed by atoms with van der Waals surface area (Å²) in [5.74, 6) is -0.399. The van der Waals surface area contributed by atoms with Crippen molar-refractivity contribution in [3.63, 3.8) is 0 Å². The number of hydrogen-bond acceptors (Lipinski definition) is 4. The van der Waals surface area contributed by atoms with Crippen LogP contribution in [0, 0.1) is 35.5 Å². The van der Waals surface area contributed by atoms with E-state index in [-0.39, 0.29) is 35.6 Å². The molecule has 0 spiro atoms. The Bertz CT molecular complexity index is 398. The average molecular weight is 308 g/mol. The smallest absolute Gasteiger partial charge is 0.310 e. The van der Waals surface area contributed by atoms with E-state index in [0.717, 1.165) is 12.8 Å². The molecule has 0 saturated heterocycles. The van der Waals surface area contributed by atoms with Gasteiger partial charge in [-0.25, -0.2) is 0 Å². The van der Waals surface area contributed by atoms with E-state index in [9.17, 15) is 9.59 Å². The number of ether oxygens (including phenoxy) is 2. The Balaban J connectivity index is 2.08. The van der Waals surface area contributed by atoms with Gasteiger partial charge in [0.1, 0.15) is 0 Å². The molecule has 124 valence electrons. The zero-order chi connectivity index (χ0) is 16.3. The van der Waals surface area contributed by atoms with Crippen molar-refractivity contribution in [3.05, 3.63) is 12.2 Å². The predicted octanol–water partition coefficient (Wildman–Crippen LogP) is 3.21. The van der Waals surface area contributed by atoms with E-state index in [1.807, 2.05) is 27.7 Å². The lowest BCUT2D eigenvalue weighted by Gasteiger charge is -2.42. The molecule has 4 heteroatoms. The molecule has 4 nitrogen and oxygen atoms in total. The van der Waals surface area contributed by atoms with Crippen LogP contribution in [0.3, 0.4) is 0 Å². The van der Waals surface area contributed by atoms with Crippen molar-refractivity contribution in [2.24, 2.45) is 35.5 Å². The summed E-state index contributed by atoms with van der Waals surface area (Å²) in [5, 5.41) is 0. The molecule has 0 aromatic heterocycles. The summed E-state index contributed by atoms with van der Waals surface area (Å²) in [7, 11) is 0. The lowest BCUT2D eigenvalue weighted by molar-refractivity contribution is -0.168. The minimum Gasteiger partial charge on any atom is -0.465 e. The summed E-state index contributed by atoms with van der Waals surface area (Å²) in [5.41, 5.74) is 0. The number of carbonyl (C=O) groups excluding carboxylic acids is 2. The number of hydrogen-bond donors (Lipinski definition) is 0. The molecule has 0 radical (unpaired) electrons. The van der Waals surface area contributed by atoms with Gasteiger partial charge in [-0.3, -0.25) is 9.59 Å². The fourth-order valence-corrected chi connectivity index (χ4v) is 3.33. The van der Waals surface area contributed by atoms with Gasteiger partial charge in [0.25, 0.3) is 0 Å². The van der Waals surface area contributed by atoms with E-state index in [1.165, 1.54) is 0 Å². The lowest BCUT2D eigenvalue weighted by atomic mass is 9.62. The molecule has 0 N–H and O–H groups in total. The van der Waals surface area contributed by atoms with E-state index in [0.29, 0.717) is 25.0 Å². The second kappa shape index (κ2) is 7.30. The predicted molar refractivity (Wildman–Crippen MR) is 83.9 cm³/mol. The first-order valence-corrected chi connectivity index (χ1v) is 8.41. The molecule has 3 aliphatic rings. The largest absolute Gasteiger partial charge is 0.465 e. The third-order valence-electron chi connectivity index (χ3n) is 4.41. The van der Waals surface area contributed by atoms with Crippen LogP contribution in [0.15, 0.2) is 12.2 Å². The average Bonchev–Trinajstić information content (AvgIpc) is 2.50. The van der Waals surface area contributed by atoms with Crippen LogP contribution in [0.5, 0.6) is 0 Å². The number of fused-ring (bicyclic) bond motifs is 2. The molecule has 0 unspecified atom stereocenters. The second-order valence-corrected chi connectivity index (χ2v) is 7.39. The molecule has 0 aliphatic heterocycles. The molecule has 0 amide bonds. The number of allylic oxidation sites excluding steroid dienone is 2. The molecule has 3 aliphatic carbocycles. The summed E-state index contributed by atoms with van der Waals surface area (Å²) < 4.78 is 10.8. The van der Waals surface area contributed by atoms with Crippen molar-refractivity contribution in [2.45, 2.75) is 40.5 Å². The summed E-state index contributed by atoms with van der Waals surface area (Å²) in [4.78, 5) is 25.0. The molecule has 0 aromatic rings. The van der Waals surface area contributed by atoms with Crippen LogP contribution in [0.1, 0.15) is 40.5 Å². The van der Waals surface area contributed by atoms with Gasteiger partial charge in [-0.1, -0.05) is 39.8 Å². The van der Waals surface area contributed by atoms with Gasteiger partial charge in [0.15, 0.2) is 0 Å². The standard InChI is InChI=1S/C18H28O4/c1-11(2)9-21-17(19)15-13-5-7-14(8-6-13)16(15)18(20)22-10-12(3)4/h5,7,11-16H,6,8-10H2,1-4H3/t13-,14-,15-,16-/m0/s1. The molecule has 1 fully saturated rings. The third kappa shape index (κ3) is 3.90. The van der Waals surface area contributed by atoms with Crippen LogP contribution < -0.4 is 0 Å². The van der Waals surface area contributed by atoms with Crippen LogP contribution in [-0.4, -0.2) is 25.2 Å². The highest BCUT2D eigenvalue weighted by atomic mass is 16.5. The Morgan fingerprint density at radius 2 is 1.23 bits per heavy atom. The Morgan fingerprint density at radius 3 is 1.50 bits per heavy atom. The van der Waals surface area contributed by atoms with Crippen molar-refractivity contribution in [2.75, 3.05) is 13.2 Å². The Morgan fingerprint density at radius 1 is 0.864 bits per heavy atom. The van der Waals surface area contributed by atoms with Gasteiger partial charge in [-0.2, -0.15) is 0 Å². The highest BCUT2D eigenvalue weighted by Crippen LogP contribution is 2.46. The molecule has 4 atom stereocenters. The normalized spacial score (nSPS) is 29.9. The van der Waals surface area contributed by atoms with Crippen molar-refractivity contribution >= 4 is 11.9 Å². The van der Waals surface area contributed by atoms with Gasteiger partial charge < -0.3 is 9.47 Å². The molecular weight excluding hydrogens is 280 g/mol. The minimum absolute atomic E-state index is 0.112. The molecular formula is C18H28O4. The SMILES string of the molecule is CC(C)COC(=O)[C@@H]1[C@@H](C(=O)OCC(C)C)[C@H]2C=C[C@H]1CC2. The Hall–Kier alpha value is -1.32. The van der Waals surface area contributed by atoms with Gasteiger partial charge in [0.05, 0.1) is 25.0 Å². The van der Waals surface area contributed by atoms with Crippen LogP contribution in [-0.2, 0) is 19.1 Å². The fourth-order valence-electron chi connectivity index (χ4n) is 3.33. The van der Waals surface area contributed by atoms with E-state index in [1.54, 1.807) is 0 Å². The van der Waals surface area contributed by atoms with Gasteiger partial charge in [0.2, 0.25) is 0 Å². The van der Waals surface area contributed by atoms with Crippen molar-refractivity contribution in [3.8, 4) is 0 Å². The molecule has 1 saturated carbocycles. The van der Waals surface area contributed by atoms with Gasteiger partial charge in [-0.05, 0) is 36.5 Å². The van der Waals surface area contributed by atoms with Crippen LogP contribution in [0.25, 0.3) is 0 Å². The summed E-state index contributed by atoms with van der Waals surface area (Å²) in [6, 6.07) is 0. The first-order valence-electron chi connectivity index (χ1n) is 8.41. The maximum absolute atomic E-state index is 12.5. The van der Waals surface area contributed by atoms with Gasteiger partial charge in [-0.15, -0.1) is 0 Å². The molecule has 0 heterocycles. The summed E-state index contributed by atoms with van der Waals surface area (Å²) in [6.45, 7) is 8.85. The number of rotatable bonds is 6. The monoisotopic (exact) mass is 308 g/mol. The maximum atomic E-state index is 12.5. The molecule has 2 bridgehead atoms. The van der Waals surface area contributed by atoms with E-state index in [2.05, 4.69) is 12.2 Å². The van der Waals surface area contributed by atoms with Gasteiger partial charge in [0, 0.05) is 0 Å². The molecule has 0 aromatic carbocycles. The topological polar surface area (TPSA) is 52.6 Å².